The highest BCUT2D eigenvalue weighted by Crippen LogP contribution is 2.43. The van der Waals surface area contributed by atoms with Gasteiger partial charge in [-0.3, -0.25) is 0 Å². The average Bonchev–Trinajstić information content (AvgIpc) is 3.55. The lowest BCUT2D eigenvalue weighted by atomic mass is 9.93. The van der Waals surface area contributed by atoms with Gasteiger partial charge in [-0.1, -0.05) is 158 Å². The third kappa shape index (κ3) is 4.96. The van der Waals surface area contributed by atoms with Gasteiger partial charge in [-0.2, -0.15) is 0 Å². The Labute approximate surface area is 303 Å². The second kappa shape index (κ2) is 12.5. The molecule has 0 fully saturated rings. The summed E-state index contributed by atoms with van der Waals surface area (Å²) < 4.78 is 2.39. The van der Waals surface area contributed by atoms with E-state index in [2.05, 4.69) is 216 Å². The van der Waals surface area contributed by atoms with Crippen molar-refractivity contribution in [2.24, 2.45) is 0 Å². The Morgan fingerprint density at radius 3 is 1.50 bits per heavy atom. The SMILES string of the molecule is c1ccc(-n2c3ccccc3c3ccc(-c4ccccc4-c4ccc(N(c5cccc6ccccc56)c5cccc6ccccc56)cc4)cc32)cc1. The quantitative estimate of drug-likeness (QED) is 0.172. The van der Waals surface area contributed by atoms with E-state index < -0.39 is 0 Å². The minimum Gasteiger partial charge on any atom is -0.309 e. The van der Waals surface area contributed by atoms with E-state index >= 15 is 0 Å². The Morgan fingerprint density at radius 1 is 0.327 bits per heavy atom. The Kier molecular flexibility index (Phi) is 7.18. The van der Waals surface area contributed by atoms with Gasteiger partial charge in [0, 0.05) is 32.9 Å². The van der Waals surface area contributed by atoms with Crippen LogP contribution < -0.4 is 4.90 Å². The van der Waals surface area contributed by atoms with E-state index in [9.17, 15) is 0 Å². The predicted octanol–water partition coefficient (Wildman–Crippen LogP) is 13.9. The summed E-state index contributed by atoms with van der Waals surface area (Å²) in [5.41, 5.74) is 11.8. The standard InChI is InChI=1S/C50H34N2/c1-2-18-39(19-3-1)52-49-25-11-10-24-45(49)46-33-30-38(34-50(46)52)42-21-9-8-20-41(42)37-28-31-40(32-29-37)51(47-26-12-16-35-14-4-6-22-43(35)47)48-27-13-17-36-15-5-7-23-44(36)48/h1-34H. The summed E-state index contributed by atoms with van der Waals surface area (Å²) in [6.45, 7) is 0. The van der Waals surface area contributed by atoms with Crippen LogP contribution >= 0.6 is 0 Å². The smallest absolute Gasteiger partial charge is 0.0547 e. The van der Waals surface area contributed by atoms with Gasteiger partial charge in [-0.25, -0.2) is 0 Å². The zero-order valence-corrected chi connectivity index (χ0v) is 28.5. The van der Waals surface area contributed by atoms with Crippen molar-refractivity contribution in [1.82, 2.24) is 4.57 Å². The van der Waals surface area contributed by atoms with Crippen molar-refractivity contribution in [3.05, 3.63) is 206 Å². The Bertz CT molecular complexity index is 2810. The van der Waals surface area contributed by atoms with Gasteiger partial charge >= 0.3 is 0 Å². The molecule has 2 heteroatoms. The van der Waals surface area contributed by atoms with Gasteiger partial charge in [0.1, 0.15) is 0 Å². The van der Waals surface area contributed by atoms with Gasteiger partial charge < -0.3 is 9.47 Å². The van der Waals surface area contributed by atoms with Crippen molar-refractivity contribution in [3.8, 4) is 27.9 Å². The van der Waals surface area contributed by atoms with Crippen LogP contribution in [0.25, 0.3) is 71.3 Å². The van der Waals surface area contributed by atoms with E-state index in [1.165, 1.54) is 65.6 Å². The van der Waals surface area contributed by atoms with Crippen LogP contribution in [0.5, 0.6) is 0 Å². The van der Waals surface area contributed by atoms with E-state index in [1.807, 2.05) is 0 Å². The molecule has 1 aromatic heterocycles. The molecule has 10 rings (SSSR count). The number of fused-ring (bicyclic) bond motifs is 5. The molecule has 0 aliphatic heterocycles. The summed E-state index contributed by atoms with van der Waals surface area (Å²) in [6.07, 6.45) is 0. The van der Waals surface area contributed by atoms with Crippen LogP contribution in [0.1, 0.15) is 0 Å². The Hall–Kier alpha value is -6.90. The summed E-state index contributed by atoms with van der Waals surface area (Å²) in [6, 6.07) is 74.7. The van der Waals surface area contributed by atoms with Crippen LogP contribution in [-0.2, 0) is 0 Å². The molecule has 0 amide bonds. The molecular formula is C50H34N2. The molecular weight excluding hydrogens is 629 g/mol. The zero-order valence-electron chi connectivity index (χ0n) is 28.5. The van der Waals surface area contributed by atoms with Crippen molar-refractivity contribution >= 4 is 60.4 Å². The van der Waals surface area contributed by atoms with Gasteiger partial charge in [0.15, 0.2) is 0 Å². The van der Waals surface area contributed by atoms with Crippen LogP contribution in [0.2, 0.25) is 0 Å². The van der Waals surface area contributed by atoms with Crippen LogP contribution in [-0.4, -0.2) is 4.57 Å². The largest absolute Gasteiger partial charge is 0.309 e. The second-order valence-corrected chi connectivity index (χ2v) is 13.3. The molecule has 0 bridgehead atoms. The molecule has 10 aromatic rings. The molecule has 244 valence electrons. The maximum atomic E-state index is 2.41. The number of hydrogen-bond donors (Lipinski definition) is 0. The van der Waals surface area contributed by atoms with Crippen molar-refractivity contribution in [2.75, 3.05) is 4.90 Å². The molecule has 0 saturated carbocycles. The Balaban J connectivity index is 1.11. The molecule has 0 N–H and O–H groups in total. The third-order valence-corrected chi connectivity index (χ3v) is 10.4. The first-order valence-corrected chi connectivity index (χ1v) is 17.9. The summed E-state index contributed by atoms with van der Waals surface area (Å²) in [5.74, 6) is 0. The fourth-order valence-corrected chi connectivity index (χ4v) is 7.98. The molecule has 0 saturated heterocycles. The first-order chi connectivity index (χ1) is 25.8. The number of aromatic nitrogens is 1. The van der Waals surface area contributed by atoms with Crippen molar-refractivity contribution in [2.45, 2.75) is 0 Å². The number of benzene rings is 9. The first-order valence-electron chi connectivity index (χ1n) is 17.9. The molecule has 0 radical (unpaired) electrons. The van der Waals surface area contributed by atoms with E-state index in [0.29, 0.717) is 0 Å². The number of hydrogen-bond acceptors (Lipinski definition) is 1. The summed E-state index contributed by atoms with van der Waals surface area (Å²) >= 11 is 0. The van der Waals surface area contributed by atoms with Gasteiger partial charge in [0.05, 0.1) is 22.4 Å². The molecule has 9 aromatic carbocycles. The first kappa shape index (κ1) is 30.0. The monoisotopic (exact) mass is 662 g/mol. The molecule has 2 nitrogen and oxygen atoms in total. The summed E-state index contributed by atoms with van der Waals surface area (Å²) in [7, 11) is 0. The molecule has 0 aliphatic rings. The van der Waals surface area contributed by atoms with Gasteiger partial charge in [-0.05, 0) is 81.6 Å². The van der Waals surface area contributed by atoms with Crippen LogP contribution in [0.15, 0.2) is 206 Å². The van der Waals surface area contributed by atoms with Crippen molar-refractivity contribution in [1.29, 1.82) is 0 Å². The highest BCUT2D eigenvalue weighted by molar-refractivity contribution is 6.10. The summed E-state index contributed by atoms with van der Waals surface area (Å²) in [5, 5.41) is 7.40. The number of para-hydroxylation sites is 2. The van der Waals surface area contributed by atoms with Gasteiger partial charge in [-0.15, -0.1) is 0 Å². The van der Waals surface area contributed by atoms with E-state index in [1.54, 1.807) is 0 Å². The number of rotatable bonds is 6. The zero-order chi connectivity index (χ0) is 34.4. The lowest BCUT2D eigenvalue weighted by Crippen LogP contribution is -2.11. The lowest BCUT2D eigenvalue weighted by molar-refractivity contribution is 1.18. The van der Waals surface area contributed by atoms with E-state index in [0.717, 1.165) is 22.7 Å². The fourth-order valence-electron chi connectivity index (χ4n) is 7.98. The highest BCUT2D eigenvalue weighted by Gasteiger charge is 2.19. The average molecular weight is 663 g/mol. The lowest BCUT2D eigenvalue weighted by Gasteiger charge is -2.28. The van der Waals surface area contributed by atoms with Gasteiger partial charge in [0.25, 0.3) is 0 Å². The highest BCUT2D eigenvalue weighted by atomic mass is 15.1. The topological polar surface area (TPSA) is 8.17 Å². The molecule has 52 heavy (non-hydrogen) atoms. The minimum absolute atomic E-state index is 1.11. The van der Waals surface area contributed by atoms with Crippen molar-refractivity contribution < 1.29 is 0 Å². The number of nitrogens with zero attached hydrogens (tertiary/aromatic N) is 2. The summed E-state index contributed by atoms with van der Waals surface area (Å²) in [4.78, 5) is 2.41. The predicted molar refractivity (Wildman–Crippen MR) is 221 cm³/mol. The molecule has 1 heterocycles. The maximum Gasteiger partial charge on any atom is 0.0547 e. The van der Waals surface area contributed by atoms with Crippen molar-refractivity contribution in [3.63, 3.8) is 0 Å². The minimum atomic E-state index is 1.11. The van der Waals surface area contributed by atoms with Crippen LogP contribution in [0.3, 0.4) is 0 Å². The molecule has 0 aliphatic carbocycles. The van der Waals surface area contributed by atoms with Crippen LogP contribution in [0.4, 0.5) is 17.1 Å². The third-order valence-electron chi connectivity index (χ3n) is 10.4. The molecule has 0 unspecified atom stereocenters. The Morgan fingerprint density at radius 2 is 0.827 bits per heavy atom. The van der Waals surface area contributed by atoms with E-state index in [4.69, 9.17) is 0 Å². The van der Waals surface area contributed by atoms with E-state index in [-0.39, 0.29) is 0 Å². The fraction of sp³-hybridized carbons (Fsp3) is 0. The molecule has 0 spiro atoms. The second-order valence-electron chi connectivity index (χ2n) is 13.3. The van der Waals surface area contributed by atoms with Gasteiger partial charge in [0.2, 0.25) is 0 Å². The van der Waals surface area contributed by atoms with Crippen LogP contribution in [0, 0.1) is 0 Å². The number of anilines is 3. The molecule has 0 atom stereocenters. The normalized spacial score (nSPS) is 11.5. The maximum absolute atomic E-state index is 2.41.